The number of morpholine rings is 1. The first kappa shape index (κ1) is 27.7. The Morgan fingerprint density at radius 1 is 1.07 bits per heavy atom. The van der Waals surface area contributed by atoms with Crippen molar-refractivity contribution in [1.82, 2.24) is 24.9 Å². The number of amides is 4. The number of anilines is 1. The molecule has 1 saturated carbocycles. The molecule has 5 heterocycles. The molecule has 224 valence electrons. The zero-order chi connectivity index (χ0) is 29.7. The average Bonchev–Trinajstić information content (AvgIpc) is 3.56. The van der Waals surface area contributed by atoms with Gasteiger partial charge in [-0.25, -0.2) is 0 Å². The van der Waals surface area contributed by atoms with E-state index in [1.54, 1.807) is 18.2 Å². The number of nitrogens with zero attached hydrogens (tertiary/aromatic N) is 5. The standard InChI is InChI=1S/C31H35N7O5/c1-18-2-5-25(34-28(18)36-8-10-43-11-9-36)20-16-33-37(17-20)22-12-19(13-22)15-32-21-3-4-23-24(14-21)31(42)38(30(23)41)26-6-7-27(39)35-29(26)40/h2-5,14,16-19,22,26,28,32H,6-13,15H2,1H3,(H,35,39,40). The van der Waals surface area contributed by atoms with E-state index in [-0.39, 0.29) is 30.1 Å². The van der Waals surface area contributed by atoms with Crippen LogP contribution in [-0.4, -0.2) is 94.0 Å². The Kier molecular flexibility index (Phi) is 7.18. The summed E-state index contributed by atoms with van der Waals surface area (Å²) in [6.07, 6.45) is 10.7. The van der Waals surface area contributed by atoms with Crippen molar-refractivity contribution in [3.05, 3.63) is 59.4 Å². The van der Waals surface area contributed by atoms with Gasteiger partial charge in [0.25, 0.3) is 11.8 Å². The van der Waals surface area contributed by atoms with E-state index < -0.39 is 29.7 Å². The number of allylic oxidation sites excluding steroid dienone is 1. The highest BCUT2D eigenvalue weighted by Crippen LogP contribution is 2.38. The highest BCUT2D eigenvalue weighted by Gasteiger charge is 2.44. The summed E-state index contributed by atoms with van der Waals surface area (Å²) in [7, 11) is 0. The van der Waals surface area contributed by atoms with Gasteiger partial charge in [-0.3, -0.25) is 44.0 Å². The van der Waals surface area contributed by atoms with E-state index >= 15 is 0 Å². The summed E-state index contributed by atoms with van der Waals surface area (Å²) < 4.78 is 7.57. The number of nitrogens with one attached hydrogen (secondary N) is 2. The Balaban J connectivity index is 0.938. The first-order valence-electron chi connectivity index (χ1n) is 15.1. The molecule has 3 fully saturated rings. The topological polar surface area (TPSA) is 138 Å². The van der Waals surface area contributed by atoms with Crippen molar-refractivity contribution in [3.63, 3.8) is 0 Å². The van der Waals surface area contributed by atoms with Crippen LogP contribution in [0.1, 0.15) is 64.9 Å². The lowest BCUT2D eigenvalue weighted by Crippen LogP contribution is -2.54. The number of rotatable bonds is 7. The third-order valence-corrected chi connectivity index (χ3v) is 9.24. The van der Waals surface area contributed by atoms with Crippen molar-refractivity contribution in [2.24, 2.45) is 16.8 Å². The maximum absolute atomic E-state index is 13.1. The Bertz CT molecular complexity index is 1530. The second-order valence-corrected chi connectivity index (χ2v) is 12.1. The van der Waals surface area contributed by atoms with Crippen LogP contribution in [0.5, 0.6) is 0 Å². The maximum atomic E-state index is 13.1. The molecule has 1 aliphatic carbocycles. The normalized spacial score (nSPS) is 29.3. The molecule has 3 unspecified atom stereocenters. The van der Waals surface area contributed by atoms with Crippen LogP contribution in [0.4, 0.5) is 5.69 Å². The van der Waals surface area contributed by atoms with Crippen LogP contribution >= 0.6 is 0 Å². The van der Waals surface area contributed by atoms with Crippen LogP contribution < -0.4 is 10.6 Å². The summed E-state index contributed by atoms with van der Waals surface area (Å²) in [4.78, 5) is 58.3. The average molecular weight is 586 g/mol. The molecule has 2 N–H and O–H groups in total. The summed E-state index contributed by atoms with van der Waals surface area (Å²) in [6, 6.07) is 4.46. The number of dihydropyridines is 1. The van der Waals surface area contributed by atoms with Crippen LogP contribution in [0, 0.1) is 11.8 Å². The van der Waals surface area contributed by atoms with Gasteiger partial charge in [-0.2, -0.15) is 5.10 Å². The van der Waals surface area contributed by atoms with E-state index in [0.29, 0.717) is 17.9 Å². The smallest absolute Gasteiger partial charge is 0.262 e. The lowest BCUT2D eigenvalue weighted by molar-refractivity contribution is -0.136. The van der Waals surface area contributed by atoms with Crippen molar-refractivity contribution in [1.29, 1.82) is 0 Å². The minimum Gasteiger partial charge on any atom is -0.385 e. The summed E-state index contributed by atoms with van der Waals surface area (Å²) in [6.45, 7) is 6.24. The maximum Gasteiger partial charge on any atom is 0.262 e. The summed E-state index contributed by atoms with van der Waals surface area (Å²) >= 11 is 0. The quantitative estimate of drug-likeness (QED) is 0.471. The Labute approximate surface area is 249 Å². The second kappa shape index (κ2) is 11.2. The van der Waals surface area contributed by atoms with E-state index in [0.717, 1.165) is 67.6 Å². The number of imide groups is 2. The minimum atomic E-state index is -0.966. The largest absolute Gasteiger partial charge is 0.385 e. The van der Waals surface area contributed by atoms with Gasteiger partial charge < -0.3 is 10.1 Å². The van der Waals surface area contributed by atoms with Gasteiger partial charge in [0.15, 0.2) is 0 Å². The van der Waals surface area contributed by atoms with Crippen LogP contribution in [-0.2, 0) is 14.3 Å². The number of aliphatic imine (C=N–C) groups is 1. The number of aromatic nitrogens is 2. The van der Waals surface area contributed by atoms with Gasteiger partial charge in [0.05, 0.1) is 42.3 Å². The van der Waals surface area contributed by atoms with Crippen molar-refractivity contribution >= 4 is 35.0 Å². The molecule has 0 bridgehead atoms. The third kappa shape index (κ3) is 5.18. The number of hydrogen-bond donors (Lipinski definition) is 2. The van der Waals surface area contributed by atoms with E-state index in [9.17, 15) is 19.2 Å². The number of fused-ring (bicyclic) bond motifs is 1. The molecular formula is C31H35N7O5. The van der Waals surface area contributed by atoms with Crippen molar-refractivity contribution < 1.29 is 23.9 Å². The van der Waals surface area contributed by atoms with Crippen molar-refractivity contribution in [2.75, 3.05) is 38.2 Å². The molecule has 3 atom stereocenters. The van der Waals surface area contributed by atoms with Gasteiger partial charge in [0.2, 0.25) is 11.8 Å². The predicted octanol–water partition coefficient (Wildman–Crippen LogP) is 2.00. The molecule has 7 rings (SSSR count). The number of carbonyl (C=O) groups is 4. The zero-order valence-corrected chi connectivity index (χ0v) is 24.1. The second-order valence-electron chi connectivity index (χ2n) is 12.1. The summed E-state index contributed by atoms with van der Waals surface area (Å²) in [5, 5.41) is 10.3. The molecule has 1 aromatic carbocycles. The first-order valence-corrected chi connectivity index (χ1v) is 15.1. The molecule has 5 aliphatic rings. The molecule has 12 heteroatoms. The fourth-order valence-corrected chi connectivity index (χ4v) is 6.67. The van der Waals surface area contributed by atoms with Gasteiger partial charge in [-0.15, -0.1) is 0 Å². The minimum absolute atomic E-state index is 0.0965. The van der Waals surface area contributed by atoms with Crippen LogP contribution in [0.3, 0.4) is 0 Å². The molecular weight excluding hydrogens is 550 g/mol. The molecule has 4 amide bonds. The van der Waals surface area contributed by atoms with Crippen LogP contribution in [0.15, 0.2) is 47.7 Å². The zero-order valence-electron chi connectivity index (χ0n) is 24.1. The lowest BCUT2D eigenvalue weighted by Gasteiger charge is -2.36. The lowest BCUT2D eigenvalue weighted by atomic mass is 9.80. The van der Waals surface area contributed by atoms with E-state index in [4.69, 9.17) is 9.73 Å². The fraction of sp³-hybridized carbons (Fsp3) is 0.484. The van der Waals surface area contributed by atoms with Gasteiger partial charge in [0.1, 0.15) is 12.2 Å². The van der Waals surface area contributed by atoms with Gasteiger partial charge in [0, 0.05) is 49.4 Å². The predicted molar refractivity (Wildman–Crippen MR) is 157 cm³/mol. The van der Waals surface area contributed by atoms with Crippen molar-refractivity contribution in [2.45, 2.75) is 50.9 Å². The fourth-order valence-electron chi connectivity index (χ4n) is 6.67. The molecule has 4 aliphatic heterocycles. The van der Waals surface area contributed by atoms with Crippen LogP contribution in [0.25, 0.3) is 0 Å². The van der Waals surface area contributed by atoms with Crippen LogP contribution in [0.2, 0.25) is 0 Å². The van der Waals surface area contributed by atoms with Gasteiger partial charge in [-0.1, -0.05) is 13.0 Å². The molecule has 12 nitrogen and oxygen atoms in total. The molecule has 0 radical (unpaired) electrons. The Morgan fingerprint density at radius 2 is 1.86 bits per heavy atom. The highest BCUT2D eigenvalue weighted by molar-refractivity contribution is 6.23. The van der Waals surface area contributed by atoms with E-state index in [1.165, 1.54) is 0 Å². The van der Waals surface area contributed by atoms with E-state index in [2.05, 4.69) is 45.9 Å². The summed E-state index contributed by atoms with van der Waals surface area (Å²) in [5.41, 5.74) is 3.31. The van der Waals surface area contributed by atoms with E-state index in [1.807, 2.05) is 10.9 Å². The number of hydrogen-bond acceptors (Lipinski definition) is 9. The molecule has 0 spiro atoms. The number of piperidine rings is 1. The Hall–Kier alpha value is -4.16. The number of ether oxygens (including phenoxy) is 1. The number of benzene rings is 1. The monoisotopic (exact) mass is 585 g/mol. The SMILES string of the molecule is CC1C=CC(c2cnn(C3CC(CNc4ccc5c(c4)C(=O)N(C4CCC(=O)NC4=O)C5=O)C3)c2)=NC1N1CCOCC1. The highest BCUT2D eigenvalue weighted by atomic mass is 16.5. The Morgan fingerprint density at radius 3 is 2.65 bits per heavy atom. The van der Waals surface area contributed by atoms with Gasteiger partial charge in [-0.05, 0) is 49.5 Å². The molecule has 43 heavy (non-hydrogen) atoms. The first-order chi connectivity index (χ1) is 20.9. The molecule has 2 aromatic rings. The third-order valence-electron chi connectivity index (χ3n) is 9.24. The van der Waals surface area contributed by atoms with Crippen molar-refractivity contribution in [3.8, 4) is 0 Å². The molecule has 2 saturated heterocycles. The summed E-state index contributed by atoms with van der Waals surface area (Å²) in [5.74, 6) is -1.20. The number of carbonyl (C=O) groups excluding carboxylic acids is 4. The molecule has 1 aromatic heterocycles. The van der Waals surface area contributed by atoms with Gasteiger partial charge >= 0.3 is 0 Å².